The van der Waals surface area contributed by atoms with Crippen LogP contribution in [0.3, 0.4) is 0 Å². The minimum Gasteiger partial charge on any atom is -0.358 e. The Hall–Kier alpha value is -1.88. The first kappa shape index (κ1) is 17.9. The number of carbonyl (C=O) groups is 1. The van der Waals surface area contributed by atoms with Crippen molar-refractivity contribution in [2.75, 3.05) is 26.2 Å². The van der Waals surface area contributed by atoms with Gasteiger partial charge in [-0.1, -0.05) is 12.8 Å². The van der Waals surface area contributed by atoms with Gasteiger partial charge in [-0.3, -0.25) is 4.79 Å². The van der Waals surface area contributed by atoms with E-state index in [1.54, 1.807) is 6.07 Å². The Labute approximate surface area is 148 Å². The average Bonchev–Trinajstić information content (AvgIpc) is 2.78. The van der Waals surface area contributed by atoms with Crippen LogP contribution in [0.15, 0.2) is 18.2 Å². The summed E-state index contributed by atoms with van der Waals surface area (Å²) >= 11 is 0. The monoisotopic (exact) mass is 345 g/mol. The molecule has 0 aliphatic carbocycles. The summed E-state index contributed by atoms with van der Waals surface area (Å²) in [4.78, 5) is 18.0. The van der Waals surface area contributed by atoms with Crippen LogP contribution in [-0.4, -0.2) is 42.0 Å². The van der Waals surface area contributed by atoms with Crippen LogP contribution in [0.4, 0.5) is 4.39 Å². The highest BCUT2D eigenvalue weighted by Crippen LogP contribution is 2.23. The molecule has 1 saturated heterocycles. The summed E-state index contributed by atoms with van der Waals surface area (Å²) in [5.74, 6) is -0.269. The largest absolute Gasteiger partial charge is 0.358 e. The van der Waals surface area contributed by atoms with E-state index in [-0.39, 0.29) is 11.7 Å². The number of rotatable bonds is 6. The lowest BCUT2D eigenvalue weighted by Crippen LogP contribution is -2.31. The lowest BCUT2D eigenvalue weighted by molar-refractivity contribution is -0.120. The first-order valence-corrected chi connectivity index (χ1v) is 9.39. The Bertz CT molecular complexity index is 717. The summed E-state index contributed by atoms with van der Waals surface area (Å²) in [6, 6.07) is 4.66. The van der Waals surface area contributed by atoms with Crippen molar-refractivity contribution in [3.63, 3.8) is 0 Å². The maximum Gasteiger partial charge on any atom is 0.224 e. The van der Waals surface area contributed by atoms with Crippen LogP contribution >= 0.6 is 0 Å². The minimum atomic E-state index is -0.273. The molecular weight excluding hydrogens is 317 g/mol. The number of halogens is 1. The number of nitrogens with one attached hydrogen (secondary N) is 2. The number of likely N-dealkylation sites (tertiary alicyclic amines) is 1. The second kappa shape index (κ2) is 8.48. The van der Waals surface area contributed by atoms with Crippen LogP contribution in [0.5, 0.6) is 0 Å². The van der Waals surface area contributed by atoms with E-state index in [9.17, 15) is 9.18 Å². The zero-order chi connectivity index (χ0) is 17.6. The summed E-state index contributed by atoms with van der Waals surface area (Å²) in [7, 11) is 0. The summed E-state index contributed by atoms with van der Waals surface area (Å²) in [6.45, 7) is 6.06. The summed E-state index contributed by atoms with van der Waals surface area (Å²) in [6.07, 6.45) is 6.55. The lowest BCUT2D eigenvalue weighted by Gasteiger charge is -2.19. The molecule has 2 N–H and O–H groups in total. The number of hydrogen-bond acceptors (Lipinski definition) is 2. The Morgan fingerprint density at radius 3 is 2.76 bits per heavy atom. The highest BCUT2D eigenvalue weighted by molar-refractivity contribution is 5.90. The molecule has 0 unspecified atom stereocenters. The van der Waals surface area contributed by atoms with Crippen molar-refractivity contribution < 1.29 is 9.18 Å². The maximum absolute atomic E-state index is 13.5. The molecule has 1 aromatic heterocycles. The van der Waals surface area contributed by atoms with Crippen molar-refractivity contribution in [1.82, 2.24) is 15.2 Å². The standard InChI is InChI=1S/C20H28FN3O/c1-15-17(18-13-16(21)7-8-19(18)23-15)14-20(25)22-9-6-12-24-10-4-2-3-5-11-24/h7-8,13,23H,2-6,9-12,14H2,1H3,(H,22,25). The zero-order valence-electron chi connectivity index (χ0n) is 15.0. The van der Waals surface area contributed by atoms with Crippen molar-refractivity contribution >= 4 is 16.8 Å². The number of H-pyrrole nitrogens is 1. The van der Waals surface area contributed by atoms with Gasteiger partial charge in [0.05, 0.1) is 6.42 Å². The molecule has 1 amide bonds. The van der Waals surface area contributed by atoms with Crippen LogP contribution in [0.1, 0.15) is 43.4 Å². The topological polar surface area (TPSA) is 48.1 Å². The molecule has 0 bridgehead atoms. The fourth-order valence-corrected chi connectivity index (χ4v) is 3.70. The number of aryl methyl sites for hydroxylation is 1. The molecule has 4 nitrogen and oxygen atoms in total. The van der Waals surface area contributed by atoms with Crippen LogP contribution in [-0.2, 0) is 11.2 Å². The zero-order valence-corrected chi connectivity index (χ0v) is 15.0. The molecule has 2 aromatic rings. The van der Waals surface area contributed by atoms with Gasteiger partial charge < -0.3 is 15.2 Å². The first-order chi connectivity index (χ1) is 12.1. The second-order valence-corrected chi connectivity index (χ2v) is 7.05. The average molecular weight is 345 g/mol. The molecule has 0 atom stereocenters. The number of aromatic nitrogens is 1. The Morgan fingerprint density at radius 2 is 2.00 bits per heavy atom. The molecule has 1 aliphatic rings. The summed E-state index contributed by atoms with van der Waals surface area (Å²) in [5.41, 5.74) is 2.70. The number of benzene rings is 1. The van der Waals surface area contributed by atoms with Gasteiger partial charge in [0.15, 0.2) is 0 Å². The van der Waals surface area contributed by atoms with E-state index in [2.05, 4.69) is 15.2 Å². The van der Waals surface area contributed by atoms with E-state index in [1.165, 1.54) is 50.9 Å². The molecular formula is C20H28FN3O. The lowest BCUT2D eigenvalue weighted by atomic mass is 10.1. The number of nitrogens with zero attached hydrogens (tertiary/aromatic N) is 1. The van der Waals surface area contributed by atoms with E-state index < -0.39 is 0 Å². The smallest absolute Gasteiger partial charge is 0.224 e. The van der Waals surface area contributed by atoms with Crippen LogP contribution in [0, 0.1) is 12.7 Å². The Morgan fingerprint density at radius 1 is 1.24 bits per heavy atom. The molecule has 25 heavy (non-hydrogen) atoms. The molecule has 5 heteroatoms. The van der Waals surface area contributed by atoms with Gasteiger partial charge in [-0.2, -0.15) is 0 Å². The number of amides is 1. The van der Waals surface area contributed by atoms with Gasteiger partial charge in [0.1, 0.15) is 5.82 Å². The first-order valence-electron chi connectivity index (χ1n) is 9.39. The molecule has 0 spiro atoms. The third kappa shape index (κ3) is 4.82. The highest BCUT2D eigenvalue weighted by Gasteiger charge is 2.13. The molecule has 136 valence electrons. The van der Waals surface area contributed by atoms with Gasteiger partial charge in [-0.05, 0) is 69.6 Å². The predicted molar refractivity (Wildman–Crippen MR) is 99.2 cm³/mol. The maximum atomic E-state index is 13.5. The van der Waals surface area contributed by atoms with Gasteiger partial charge in [0, 0.05) is 23.1 Å². The van der Waals surface area contributed by atoms with Crippen molar-refractivity contribution in [1.29, 1.82) is 0 Å². The molecule has 1 fully saturated rings. The quantitative estimate of drug-likeness (QED) is 0.787. The third-order valence-corrected chi connectivity index (χ3v) is 5.09. The molecule has 3 rings (SSSR count). The Kier molecular flexibility index (Phi) is 6.08. The van der Waals surface area contributed by atoms with Crippen LogP contribution < -0.4 is 5.32 Å². The summed E-state index contributed by atoms with van der Waals surface area (Å²) in [5, 5.41) is 3.81. The van der Waals surface area contributed by atoms with E-state index >= 15 is 0 Å². The number of hydrogen-bond donors (Lipinski definition) is 2. The molecule has 0 saturated carbocycles. The minimum absolute atomic E-state index is 0.00382. The van der Waals surface area contributed by atoms with Gasteiger partial charge in [0.25, 0.3) is 0 Å². The van der Waals surface area contributed by atoms with E-state index in [0.717, 1.165) is 35.1 Å². The third-order valence-electron chi connectivity index (χ3n) is 5.09. The molecule has 1 aromatic carbocycles. The van der Waals surface area contributed by atoms with Gasteiger partial charge in [0.2, 0.25) is 5.91 Å². The number of carbonyl (C=O) groups excluding carboxylic acids is 1. The van der Waals surface area contributed by atoms with Gasteiger partial charge in [-0.15, -0.1) is 0 Å². The molecule has 2 heterocycles. The van der Waals surface area contributed by atoms with E-state index in [1.807, 2.05) is 6.92 Å². The number of fused-ring (bicyclic) bond motifs is 1. The number of aromatic amines is 1. The van der Waals surface area contributed by atoms with Gasteiger partial charge >= 0.3 is 0 Å². The fraction of sp³-hybridized carbons (Fsp3) is 0.550. The van der Waals surface area contributed by atoms with Crippen molar-refractivity contribution in [3.05, 3.63) is 35.3 Å². The van der Waals surface area contributed by atoms with Crippen LogP contribution in [0.2, 0.25) is 0 Å². The Balaban J connectivity index is 1.48. The highest BCUT2D eigenvalue weighted by atomic mass is 19.1. The fourth-order valence-electron chi connectivity index (χ4n) is 3.70. The van der Waals surface area contributed by atoms with Gasteiger partial charge in [-0.25, -0.2) is 4.39 Å². The van der Waals surface area contributed by atoms with E-state index in [0.29, 0.717) is 13.0 Å². The second-order valence-electron chi connectivity index (χ2n) is 7.05. The van der Waals surface area contributed by atoms with E-state index in [4.69, 9.17) is 0 Å². The SMILES string of the molecule is Cc1[nH]c2ccc(F)cc2c1CC(=O)NCCCN1CCCCCC1. The van der Waals surface area contributed by atoms with Crippen LogP contribution in [0.25, 0.3) is 10.9 Å². The molecule has 0 radical (unpaired) electrons. The van der Waals surface area contributed by atoms with Crippen molar-refractivity contribution in [2.45, 2.75) is 45.4 Å². The summed E-state index contributed by atoms with van der Waals surface area (Å²) < 4.78 is 13.5. The molecule has 1 aliphatic heterocycles. The van der Waals surface area contributed by atoms with Crippen molar-refractivity contribution in [2.24, 2.45) is 0 Å². The van der Waals surface area contributed by atoms with Crippen molar-refractivity contribution in [3.8, 4) is 0 Å². The normalized spacial score (nSPS) is 16.1. The predicted octanol–water partition coefficient (Wildman–Crippen LogP) is 3.54.